The molecule has 0 heterocycles. The van der Waals surface area contributed by atoms with E-state index >= 15 is 0 Å². The summed E-state index contributed by atoms with van der Waals surface area (Å²) in [6.45, 7) is -0.106. The average Bonchev–Trinajstić information content (AvgIpc) is 2.95. The highest BCUT2D eigenvalue weighted by Crippen LogP contribution is 2.44. The molecule has 0 bridgehead atoms. The highest BCUT2D eigenvalue weighted by Gasteiger charge is 2.30. The standard InChI is InChI=1S/C21H16O3/c22-20(14-23-15-8-2-1-3-9-15)24-21-18-12-6-4-10-16(18)17-11-5-7-13-19(17)21/h1-13,21H,14H2. The molecule has 0 aromatic heterocycles. The van der Waals surface area contributed by atoms with Crippen molar-refractivity contribution < 1.29 is 14.3 Å². The molecule has 24 heavy (non-hydrogen) atoms. The lowest BCUT2D eigenvalue weighted by atomic mass is 10.1. The number of para-hydroxylation sites is 1. The van der Waals surface area contributed by atoms with E-state index in [1.165, 1.54) is 0 Å². The number of rotatable bonds is 4. The van der Waals surface area contributed by atoms with Crippen molar-refractivity contribution in [3.05, 3.63) is 90.0 Å². The minimum absolute atomic E-state index is 0.106. The molecule has 0 saturated carbocycles. The van der Waals surface area contributed by atoms with Gasteiger partial charge in [0.1, 0.15) is 5.75 Å². The van der Waals surface area contributed by atoms with E-state index < -0.39 is 0 Å². The van der Waals surface area contributed by atoms with Crippen LogP contribution in [0.4, 0.5) is 0 Å². The number of ether oxygens (including phenoxy) is 2. The number of hydrogen-bond donors (Lipinski definition) is 0. The van der Waals surface area contributed by atoms with Gasteiger partial charge in [0.15, 0.2) is 12.7 Å². The number of carbonyl (C=O) groups excluding carboxylic acids is 1. The lowest BCUT2D eigenvalue weighted by molar-refractivity contribution is -0.149. The van der Waals surface area contributed by atoms with Crippen LogP contribution in [0.3, 0.4) is 0 Å². The summed E-state index contributed by atoms with van der Waals surface area (Å²) in [5.74, 6) is 0.275. The van der Waals surface area contributed by atoms with Gasteiger partial charge in [0.05, 0.1) is 0 Å². The first-order valence-corrected chi connectivity index (χ1v) is 7.88. The molecule has 0 unspecified atom stereocenters. The number of carbonyl (C=O) groups is 1. The van der Waals surface area contributed by atoms with Gasteiger partial charge in [-0.15, -0.1) is 0 Å². The van der Waals surface area contributed by atoms with Crippen LogP contribution in [0.5, 0.6) is 5.75 Å². The Morgan fingerprint density at radius 1 is 0.750 bits per heavy atom. The first-order chi connectivity index (χ1) is 11.8. The lowest BCUT2D eigenvalue weighted by Gasteiger charge is -2.15. The molecular weight excluding hydrogens is 300 g/mol. The zero-order valence-corrected chi connectivity index (χ0v) is 13.0. The lowest BCUT2D eigenvalue weighted by Crippen LogP contribution is -2.17. The minimum Gasteiger partial charge on any atom is -0.482 e. The second-order valence-corrected chi connectivity index (χ2v) is 5.65. The highest BCUT2D eigenvalue weighted by atomic mass is 16.6. The van der Waals surface area contributed by atoms with Gasteiger partial charge in [-0.05, 0) is 23.3 Å². The SMILES string of the molecule is O=C(COc1ccccc1)OC1c2ccccc2-c2ccccc21. The van der Waals surface area contributed by atoms with Gasteiger partial charge in [-0.1, -0.05) is 66.7 Å². The molecule has 0 N–H and O–H groups in total. The zero-order valence-electron chi connectivity index (χ0n) is 13.0. The fourth-order valence-electron chi connectivity index (χ4n) is 3.06. The summed E-state index contributed by atoms with van der Waals surface area (Å²) in [5, 5.41) is 0. The molecule has 4 rings (SSSR count). The van der Waals surface area contributed by atoms with Gasteiger partial charge < -0.3 is 9.47 Å². The van der Waals surface area contributed by atoms with Crippen molar-refractivity contribution in [3.63, 3.8) is 0 Å². The molecule has 0 spiro atoms. The van der Waals surface area contributed by atoms with Crippen LogP contribution in [0, 0.1) is 0 Å². The normalized spacial score (nSPS) is 12.3. The zero-order chi connectivity index (χ0) is 16.4. The molecule has 3 nitrogen and oxygen atoms in total. The molecule has 0 fully saturated rings. The van der Waals surface area contributed by atoms with Crippen molar-refractivity contribution >= 4 is 5.97 Å². The molecule has 3 heteroatoms. The predicted molar refractivity (Wildman–Crippen MR) is 91.8 cm³/mol. The van der Waals surface area contributed by atoms with E-state index in [0.29, 0.717) is 5.75 Å². The molecule has 0 aliphatic heterocycles. The number of esters is 1. The van der Waals surface area contributed by atoms with Crippen molar-refractivity contribution in [2.24, 2.45) is 0 Å². The molecule has 1 aliphatic carbocycles. The molecule has 0 amide bonds. The smallest absolute Gasteiger partial charge is 0.345 e. The average molecular weight is 316 g/mol. The Kier molecular flexibility index (Phi) is 3.75. The van der Waals surface area contributed by atoms with E-state index in [0.717, 1.165) is 22.3 Å². The molecular formula is C21H16O3. The van der Waals surface area contributed by atoms with Crippen LogP contribution >= 0.6 is 0 Å². The van der Waals surface area contributed by atoms with Crippen LogP contribution in [-0.2, 0) is 9.53 Å². The summed E-state index contributed by atoms with van der Waals surface area (Å²) >= 11 is 0. The first kappa shape index (κ1) is 14.5. The quantitative estimate of drug-likeness (QED) is 0.670. The Hall–Kier alpha value is -3.07. The van der Waals surface area contributed by atoms with E-state index in [2.05, 4.69) is 12.1 Å². The summed E-state index contributed by atoms with van der Waals surface area (Å²) < 4.78 is 11.2. The van der Waals surface area contributed by atoms with Gasteiger partial charge >= 0.3 is 5.97 Å². The third kappa shape index (κ3) is 2.65. The summed E-state index contributed by atoms with van der Waals surface area (Å²) in [6, 6.07) is 25.3. The van der Waals surface area contributed by atoms with Gasteiger partial charge in [-0.3, -0.25) is 0 Å². The summed E-state index contributed by atoms with van der Waals surface area (Å²) in [5.41, 5.74) is 4.28. The fraction of sp³-hybridized carbons (Fsp3) is 0.0952. The third-order valence-corrected chi connectivity index (χ3v) is 4.13. The Labute approximate surface area is 140 Å². The number of benzene rings is 3. The van der Waals surface area contributed by atoms with E-state index in [4.69, 9.17) is 9.47 Å². The minimum atomic E-state index is -0.379. The van der Waals surface area contributed by atoms with E-state index in [9.17, 15) is 4.79 Å². The third-order valence-electron chi connectivity index (χ3n) is 4.13. The molecule has 118 valence electrons. The maximum Gasteiger partial charge on any atom is 0.345 e. The first-order valence-electron chi connectivity index (χ1n) is 7.88. The van der Waals surface area contributed by atoms with Crippen LogP contribution in [0.2, 0.25) is 0 Å². The van der Waals surface area contributed by atoms with Gasteiger partial charge in [0, 0.05) is 11.1 Å². The maximum absolute atomic E-state index is 12.2. The van der Waals surface area contributed by atoms with Crippen LogP contribution in [0.1, 0.15) is 17.2 Å². The van der Waals surface area contributed by atoms with Crippen molar-refractivity contribution in [1.82, 2.24) is 0 Å². The summed E-state index contributed by atoms with van der Waals surface area (Å²) in [7, 11) is 0. The summed E-state index contributed by atoms with van der Waals surface area (Å²) in [6.07, 6.45) is -0.371. The Balaban J connectivity index is 1.53. The largest absolute Gasteiger partial charge is 0.482 e. The van der Waals surface area contributed by atoms with Gasteiger partial charge in [0.2, 0.25) is 0 Å². The summed E-state index contributed by atoms with van der Waals surface area (Å²) in [4.78, 5) is 12.2. The van der Waals surface area contributed by atoms with Crippen LogP contribution < -0.4 is 4.74 Å². The monoisotopic (exact) mass is 316 g/mol. The fourth-order valence-corrected chi connectivity index (χ4v) is 3.06. The Morgan fingerprint density at radius 3 is 1.92 bits per heavy atom. The van der Waals surface area contributed by atoms with Crippen LogP contribution in [-0.4, -0.2) is 12.6 Å². The molecule has 0 atom stereocenters. The van der Waals surface area contributed by atoms with Gasteiger partial charge in [-0.2, -0.15) is 0 Å². The van der Waals surface area contributed by atoms with Gasteiger partial charge in [0.25, 0.3) is 0 Å². The Bertz CT molecular complexity index is 826. The second-order valence-electron chi connectivity index (χ2n) is 5.65. The number of fused-ring (bicyclic) bond motifs is 3. The van der Waals surface area contributed by atoms with Crippen molar-refractivity contribution in [2.75, 3.05) is 6.61 Å². The predicted octanol–water partition coefficient (Wildman–Crippen LogP) is 4.38. The van der Waals surface area contributed by atoms with E-state index in [1.807, 2.05) is 66.7 Å². The van der Waals surface area contributed by atoms with E-state index in [-0.39, 0.29) is 18.7 Å². The van der Waals surface area contributed by atoms with Gasteiger partial charge in [-0.25, -0.2) is 4.79 Å². The topological polar surface area (TPSA) is 35.5 Å². The highest BCUT2D eigenvalue weighted by molar-refractivity contribution is 5.80. The molecule has 0 saturated heterocycles. The molecule has 3 aromatic rings. The van der Waals surface area contributed by atoms with Crippen molar-refractivity contribution in [1.29, 1.82) is 0 Å². The van der Waals surface area contributed by atoms with E-state index in [1.54, 1.807) is 0 Å². The molecule has 3 aromatic carbocycles. The second kappa shape index (κ2) is 6.20. The van der Waals surface area contributed by atoms with Crippen molar-refractivity contribution in [2.45, 2.75) is 6.10 Å². The molecule has 1 aliphatic rings. The number of hydrogen-bond acceptors (Lipinski definition) is 3. The van der Waals surface area contributed by atoms with Crippen LogP contribution in [0.25, 0.3) is 11.1 Å². The van der Waals surface area contributed by atoms with Crippen LogP contribution in [0.15, 0.2) is 78.9 Å². The Morgan fingerprint density at radius 2 is 1.29 bits per heavy atom. The molecule has 0 radical (unpaired) electrons. The van der Waals surface area contributed by atoms with Crippen molar-refractivity contribution in [3.8, 4) is 16.9 Å². The maximum atomic E-state index is 12.2.